The standard InChI is InChI=1S/C16H30NO3P/c1-8-9-13(2)14(18)12-21(19)17(15(3,4)5)11-10-16(6,7)20-21/h8,13H,1,9-12H2,2-7H3/t13-,21?/m0/s1. The lowest BCUT2D eigenvalue weighted by atomic mass is 10.0. The summed E-state index contributed by atoms with van der Waals surface area (Å²) in [5, 5.41) is 0. The molecule has 2 atom stereocenters. The van der Waals surface area contributed by atoms with E-state index in [0.29, 0.717) is 13.0 Å². The molecule has 1 rings (SSSR count). The van der Waals surface area contributed by atoms with Crippen molar-refractivity contribution < 1.29 is 13.9 Å². The number of carbonyl (C=O) groups excluding carboxylic acids is 1. The molecule has 0 radical (unpaired) electrons. The molecule has 0 bridgehead atoms. The molecular formula is C16H30NO3P. The van der Waals surface area contributed by atoms with Crippen molar-refractivity contribution in [1.82, 2.24) is 4.67 Å². The van der Waals surface area contributed by atoms with Gasteiger partial charge in [-0.25, -0.2) is 4.67 Å². The van der Waals surface area contributed by atoms with Crippen molar-refractivity contribution >= 4 is 13.3 Å². The van der Waals surface area contributed by atoms with Gasteiger partial charge >= 0.3 is 0 Å². The lowest BCUT2D eigenvalue weighted by molar-refractivity contribution is -0.120. The summed E-state index contributed by atoms with van der Waals surface area (Å²) in [6.07, 6.45) is 3.14. The summed E-state index contributed by atoms with van der Waals surface area (Å²) in [4.78, 5) is 12.4. The van der Waals surface area contributed by atoms with Gasteiger partial charge in [-0.1, -0.05) is 13.0 Å². The molecule has 4 nitrogen and oxygen atoms in total. The van der Waals surface area contributed by atoms with E-state index in [1.54, 1.807) is 6.08 Å². The monoisotopic (exact) mass is 315 g/mol. The summed E-state index contributed by atoms with van der Waals surface area (Å²) in [7, 11) is -3.15. The number of rotatable bonds is 5. The number of allylic oxidation sites excluding steroid dienone is 1. The average molecular weight is 315 g/mol. The number of hydrogen-bond acceptors (Lipinski definition) is 3. The lowest BCUT2D eigenvalue weighted by Gasteiger charge is -2.48. The zero-order chi connectivity index (χ0) is 16.5. The third-order valence-corrected chi connectivity index (χ3v) is 6.91. The van der Waals surface area contributed by atoms with Crippen LogP contribution >= 0.6 is 7.52 Å². The van der Waals surface area contributed by atoms with Gasteiger partial charge in [0.1, 0.15) is 5.78 Å². The van der Waals surface area contributed by atoms with Crippen LogP contribution in [0.1, 0.15) is 54.4 Å². The highest BCUT2D eigenvalue weighted by Gasteiger charge is 2.48. The van der Waals surface area contributed by atoms with E-state index in [2.05, 4.69) is 6.58 Å². The molecule has 0 N–H and O–H groups in total. The molecule has 1 saturated heterocycles. The number of ketones is 1. The molecule has 1 aliphatic heterocycles. The summed E-state index contributed by atoms with van der Waals surface area (Å²) < 4.78 is 21.2. The van der Waals surface area contributed by atoms with E-state index in [1.807, 2.05) is 46.2 Å². The van der Waals surface area contributed by atoms with Crippen LogP contribution in [0.4, 0.5) is 0 Å². The van der Waals surface area contributed by atoms with Gasteiger partial charge in [0.2, 0.25) is 0 Å². The Kier molecular flexibility index (Phi) is 5.63. The Morgan fingerprint density at radius 2 is 2.05 bits per heavy atom. The Hall–Kier alpha value is -0.440. The van der Waals surface area contributed by atoms with E-state index in [-0.39, 0.29) is 23.4 Å². The predicted molar refractivity (Wildman–Crippen MR) is 87.7 cm³/mol. The van der Waals surface area contributed by atoms with Gasteiger partial charge in [-0.2, -0.15) is 0 Å². The van der Waals surface area contributed by atoms with Crippen molar-refractivity contribution in [2.45, 2.75) is 65.5 Å². The van der Waals surface area contributed by atoms with E-state index in [4.69, 9.17) is 4.52 Å². The molecule has 0 aromatic rings. The third-order valence-electron chi connectivity index (χ3n) is 3.88. The Labute approximate surface area is 129 Å². The molecule has 1 heterocycles. The molecule has 0 aliphatic carbocycles. The second-order valence-corrected chi connectivity index (χ2v) is 9.84. The van der Waals surface area contributed by atoms with Gasteiger partial charge in [0.25, 0.3) is 7.52 Å². The first-order valence-electron chi connectivity index (χ1n) is 7.63. The lowest BCUT2D eigenvalue weighted by Crippen LogP contribution is -2.48. The fourth-order valence-corrected chi connectivity index (χ4v) is 5.87. The van der Waals surface area contributed by atoms with Crippen molar-refractivity contribution in [2.24, 2.45) is 5.92 Å². The first-order chi connectivity index (χ1) is 9.41. The van der Waals surface area contributed by atoms with E-state index in [9.17, 15) is 9.36 Å². The van der Waals surface area contributed by atoms with Crippen molar-refractivity contribution in [3.63, 3.8) is 0 Å². The maximum absolute atomic E-state index is 13.4. The second kappa shape index (κ2) is 6.36. The summed E-state index contributed by atoms with van der Waals surface area (Å²) >= 11 is 0. The molecular weight excluding hydrogens is 285 g/mol. The third kappa shape index (κ3) is 4.77. The number of carbonyl (C=O) groups is 1. The Bertz CT molecular complexity index is 451. The van der Waals surface area contributed by atoms with Crippen LogP contribution in [0.15, 0.2) is 12.7 Å². The van der Waals surface area contributed by atoms with Crippen LogP contribution < -0.4 is 0 Å². The van der Waals surface area contributed by atoms with Gasteiger partial charge in [0.15, 0.2) is 0 Å². The molecule has 21 heavy (non-hydrogen) atoms. The topological polar surface area (TPSA) is 46.6 Å². The highest BCUT2D eigenvalue weighted by atomic mass is 31.2. The van der Waals surface area contributed by atoms with Crippen molar-refractivity contribution in [3.8, 4) is 0 Å². The van der Waals surface area contributed by atoms with E-state index < -0.39 is 13.1 Å². The van der Waals surface area contributed by atoms with Crippen molar-refractivity contribution in [3.05, 3.63) is 12.7 Å². The Morgan fingerprint density at radius 3 is 2.52 bits per heavy atom. The highest BCUT2D eigenvalue weighted by Crippen LogP contribution is 2.60. The maximum Gasteiger partial charge on any atom is 0.280 e. The smallest absolute Gasteiger partial charge is 0.280 e. The molecule has 5 heteroatoms. The van der Waals surface area contributed by atoms with Crippen LogP contribution in [-0.4, -0.2) is 34.3 Å². The second-order valence-electron chi connectivity index (χ2n) is 7.58. The molecule has 0 saturated carbocycles. The number of hydrogen-bond donors (Lipinski definition) is 0. The SMILES string of the molecule is C=CC[C@H](C)C(=O)CP1(=O)OC(C)(C)CCN1C(C)(C)C. The Morgan fingerprint density at radius 1 is 1.48 bits per heavy atom. The maximum atomic E-state index is 13.4. The van der Waals surface area contributed by atoms with Gasteiger partial charge in [-0.05, 0) is 47.5 Å². The molecule has 0 amide bonds. The minimum atomic E-state index is -3.15. The Balaban J connectivity index is 3.01. The molecule has 1 aliphatic rings. The van der Waals surface area contributed by atoms with Gasteiger partial charge < -0.3 is 4.52 Å². The van der Waals surface area contributed by atoms with Crippen molar-refractivity contribution in [2.75, 3.05) is 12.7 Å². The minimum Gasteiger partial charge on any atom is -0.311 e. The summed E-state index contributed by atoms with van der Waals surface area (Å²) in [6, 6.07) is 0. The van der Waals surface area contributed by atoms with Crippen LogP contribution in [0.5, 0.6) is 0 Å². The molecule has 1 unspecified atom stereocenters. The quantitative estimate of drug-likeness (QED) is 0.562. The van der Waals surface area contributed by atoms with E-state index in [1.165, 1.54) is 0 Å². The minimum absolute atomic E-state index is 0.00909. The molecule has 0 aromatic carbocycles. The van der Waals surface area contributed by atoms with Gasteiger partial charge in [0.05, 0.1) is 11.8 Å². The first-order valence-corrected chi connectivity index (χ1v) is 9.39. The van der Waals surface area contributed by atoms with Gasteiger partial charge in [-0.3, -0.25) is 9.36 Å². The normalized spacial score (nSPS) is 28.1. The van der Waals surface area contributed by atoms with Gasteiger partial charge in [0, 0.05) is 18.0 Å². The fourth-order valence-electron chi connectivity index (χ4n) is 2.65. The van der Waals surface area contributed by atoms with Crippen LogP contribution in [-0.2, 0) is 13.9 Å². The molecule has 0 aromatic heterocycles. The number of nitrogens with zero attached hydrogens (tertiary/aromatic N) is 1. The summed E-state index contributed by atoms with van der Waals surface area (Å²) in [5.74, 6) is -0.172. The zero-order valence-electron chi connectivity index (χ0n) is 14.3. The predicted octanol–water partition coefficient (Wildman–Crippen LogP) is 4.26. The van der Waals surface area contributed by atoms with E-state index in [0.717, 1.165) is 6.42 Å². The number of Topliss-reactive ketones (excluding diaryl/α,β-unsaturated/α-hetero) is 1. The fraction of sp³-hybridized carbons (Fsp3) is 0.812. The van der Waals surface area contributed by atoms with Crippen molar-refractivity contribution in [1.29, 1.82) is 0 Å². The average Bonchev–Trinajstić information content (AvgIpc) is 2.24. The molecule has 122 valence electrons. The zero-order valence-corrected chi connectivity index (χ0v) is 15.2. The largest absolute Gasteiger partial charge is 0.311 e. The molecule has 1 fully saturated rings. The summed E-state index contributed by atoms with van der Waals surface area (Å²) in [5.41, 5.74) is -0.729. The highest BCUT2D eigenvalue weighted by molar-refractivity contribution is 7.57. The molecule has 0 spiro atoms. The van der Waals surface area contributed by atoms with Crippen LogP contribution in [0.2, 0.25) is 0 Å². The van der Waals surface area contributed by atoms with Crippen LogP contribution in [0.25, 0.3) is 0 Å². The van der Waals surface area contributed by atoms with E-state index >= 15 is 0 Å². The van der Waals surface area contributed by atoms with Gasteiger partial charge in [-0.15, -0.1) is 6.58 Å². The first kappa shape index (κ1) is 18.6. The summed E-state index contributed by atoms with van der Waals surface area (Å²) in [6.45, 7) is 16.1. The van der Waals surface area contributed by atoms with Crippen LogP contribution in [0, 0.1) is 5.92 Å². The van der Waals surface area contributed by atoms with Crippen LogP contribution in [0.3, 0.4) is 0 Å².